The van der Waals surface area contributed by atoms with E-state index in [-0.39, 0.29) is 23.3 Å². The number of aromatic nitrogens is 2. The number of phenolic OH excluding ortho intramolecular Hbond substituents is 1. The molecule has 7 heteroatoms. The molecule has 3 N–H and O–H groups in total. The van der Waals surface area contributed by atoms with Crippen molar-refractivity contribution in [2.75, 3.05) is 0 Å². The highest BCUT2D eigenvalue weighted by atomic mass is 16.4. The van der Waals surface area contributed by atoms with Gasteiger partial charge in [0.25, 0.3) is 5.56 Å². The van der Waals surface area contributed by atoms with Crippen LogP contribution in [0.5, 0.6) is 5.75 Å². The minimum atomic E-state index is -1.10. The molecule has 0 saturated heterocycles. The van der Waals surface area contributed by atoms with Crippen molar-refractivity contribution < 1.29 is 15.0 Å². The van der Waals surface area contributed by atoms with Crippen molar-refractivity contribution in [3.63, 3.8) is 0 Å². The average molecular weight is 427 g/mol. The fourth-order valence-electron chi connectivity index (χ4n) is 3.38. The lowest BCUT2D eigenvalue weighted by Crippen LogP contribution is -2.22. The molecule has 0 aliphatic heterocycles. The maximum atomic E-state index is 13.2. The summed E-state index contributed by atoms with van der Waals surface area (Å²) >= 11 is 0. The Morgan fingerprint density at radius 2 is 1.59 bits per heavy atom. The Bertz CT molecular complexity index is 1290. The molecule has 1 heterocycles. The number of hydrogen-bond donors (Lipinski definition) is 3. The third-order valence-corrected chi connectivity index (χ3v) is 5.04. The van der Waals surface area contributed by atoms with E-state index in [1.807, 2.05) is 48.5 Å². The fourth-order valence-corrected chi connectivity index (χ4v) is 3.38. The van der Waals surface area contributed by atoms with E-state index in [2.05, 4.69) is 10.1 Å². The molecule has 1 aromatic heterocycles. The number of nitrogens with zero attached hydrogens (tertiary/aromatic N) is 2. The van der Waals surface area contributed by atoms with E-state index in [0.29, 0.717) is 16.9 Å². The van der Waals surface area contributed by atoms with Crippen LogP contribution in [-0.4, -0.2) is 38.2 Å². The molecule has 32 heavy (non-hydrogen) atoms. The van der Waals surface area contributed by atoms with E-state index in [0.717, 1.165) is 5.56 Å². The third kappa shape index (κ3) is 4.52. The Morgan fingerprint density at radius 1 is 0.969 bits per heavy atom. The molecule has 0 bridgehead atoms. The molecule has 0 aliphatic carbocycles. The van der Waals surface area contributed by atoms with Gasteiger partial charge in [0.2, 0.25) is 0 Å². The van der Waals surface area contributed by atoms with Gasteiger partial charge < -0.3 is 10.2 Å². The lowest BCUT2D eigenvalue weighted by Gasteiger charge is -2.07. The normalized spacial score (nSPS) is 12.1. The summed E-state index contributed by atoms with van der Waals surface area (Å²) in [6.07, 6.45) is 1.46. The second-order valence-electron chi connectivity index (χ2n) is 7.25. The quantitative estimate of drug-likeness (QED) is 0.391. The van der Waals surface area contributed by atoms with Crippen LogP contribution < -0.4 is 5.56 Å². The van der Waals surface area contributed by atoms with Crippen molar-refractivity contribution in [3.05, 3.63) is 106 Å². The molecule has 0 unspecified atom stereocenters. The molecule has 0 fully saturated rings. The molecule has 0 radical (unpaired) electrons. The highest BCUT2D eigenvalue weighted by Crippen LogP contribution is 2.20. The molecule has 7 nitrogen and oxygen atoms in total. The minimum absolute atomic E-state index is 0.102. The lowest BCUT2D eigenvalue weighted by molar-refractivity contribution is -0.138. The predicted octanol–water partition coefficient (Wildman–Crippen LogP) is 3.65. The van der Waals surface area contributed by atoms with E-state index in [1.54, 1.807) is 24.3 Å². The van der Waals surface area contributed by atoms with Gasteiger partial charge in [-0.3, -0.25) is 14.9 Å². The zero-order chi connectivity index (χ0) is 22.5. The fraction of sp³-hybridized carbons (Fsp3) is 0.0800. The molecular formula is C25H21N3O4. The molecule has 3 aromatic carbocycles. The molecule has 0 amide bonds. The van der Waals surface area contributed by atoms with Gasteiger partial charge in [-0.1, -0.05) is 60.7 Å². The highest BCUT2D eigenvalue weighted by molar-refractivity contribution is 5.90. The van der Waals surface area contributed by atoms with Gasteiger partial charge >= 0.3 is 5.97 Å². The number of benzene rings is 3. The maximum Gasteiger partial charge on any atom is 0.328 e. The van der Waals surface area contributed by atoms with Gasteiger partial charge in [-0.25, -0.2) is 9.48 Å². The van der Waals surface area contributed by atoms with E-state index in [9.17, 15) is 19.8 Å². The van der Waals surface area contributed by atoms with Crippen molar-refractivity contribution in [3.8, 4) is 22.7 Å². The summed E-state index contributed by atoms with van der Waals surface area (Å²) in [6.45, 7) is 0. The van der Waals surface area contributed by atoms with Gasteiger partial charge in [0.05, 0.1) is 16.9 Å². The molecule has 4 rings (SSSR count). The number of carboxylic acids is 1. The Morgan fingerprint density at radius 3 is 2.22 bits per heavy atom. The first-order chi connectivity index (χ1) is 15.5. The number of aliphatic imine (C=N–C) groups is 1. The van der Waals surface area contributed by atoms with E-state index in [1.165, 1.54) is 23.0 Å². The first-order valence-electron chi connectivity index (χ1n) is 10.0. The number of phenols is 1. The van der Waals surface area contributed by atoms with E-state index < -0.39 is 12.0 Å². The second-order valence-corrected chi connectivity index (χ2v) is 7.25. The molecule has 0 saturated carbocycles. The Hall–Kier alpha value is -4.39. The second kappa shape index (κ2) is 9.18. The molecule has 0 aliphatic rings. The monoisotopic (exact) mass is 427 g/mol. The summed E-state index contributed by atoms with van der Waals surface area (Å²) in [4.78, 5) is 29.3. The predicted molar refractivity (Wildman–Crippen MR) is 123 cm³/mol. The maximum absolute atomic E-state index is 13.2. The summed E-state index contributed by atoms with van der Waals surface area (Å²) < 4.78 is 1.42. The Kier molecular flexibility index (Phi) is 5.98. The summed E-state index contributed by atoms with van der Waals surface area (Å²) in [5, 5.41) is 22.2. The number of hydrogen-bond acceptors (Lipinski definition) is 4. The van der Waals surface area contributed by atoms with Crippen molar-refractivity contribution in [2.24, 2.45) is 4.99 Å². The number of H-pyrrole nitrogens is 1. The van der Waals surface area contributed by atoms with Gasteiger partial charge in [0, 0.05) is 18.2 Å². The number of aromatic hydroxyl groups is 1. The zero-order valence-corrected chi connectivity index (χ0v) is 17.1. The highest BCUT2D eigenvalue weighted by Gasteiger charge is 2.19. The number of aliphatic carboxylic acids is 1. The summed E-state index contributed by atoms with van der Waals surface area (Å²) in [5.74, 6) is -1.00. The first-order valence-corrected chi connectivity index (χ1v) is 10.0. The standard InChI is InChI=1S/C25H21N3O4/c29-20-13-11-17(12-14-20)15-22(25(31)32)26-16-21-23(18-7-3-1-4-8-18)27-28(24(21)30)19-9-5-2-6-10-19/h1-14,16,22,27,29H,15H2,(H,31,32)/t22-/m0/s1. The van der Waals surface area contributed by atoms with Crippen LogP contribution in [0.2, 0.25) is 0 Å². The topological polar surface area (TPSA) is 108 Å². The summed E-state index contributed by atoms with van der Waals surface area (Å²) in [5.41, 5.74) is 2.66. The van der Waals surface area contributed by atoms with Crippen LogP contribution in [0.25, 0.3) is 16.9 Å². The molecule has 1 atom stereocenters. The smallest absolute Gasteiger partial charge is 0.328 e. The Labute approximate surface area is 183 Å². The number of rotatable bonds is 7. The average Bonchev–Trinajstić information content (AvgIpc) is 3.15. The Balaban J connectivity index is 1.74. The molecule has 0 spiro atoms. The SMILES string of the molecule is O=C(O)[C@H](Cc1ccc(O)cc1)N=Cc1c(-c2ccccc2)[nH]n(-c2ccccc2)c1=O. The summed E-state index contributed by atoms with van der Waals surface area (Å²) in [6, 6.07) is 23.7. The van der Waals surface area contributed by atoms with Crippen LogP contribution in [0, 0.1) is 0 Å². The molecule has 4 aromatic rings. The lowest BCUT2D eigenvalue weighted by atomic mass is 10.1. The van der Waals surface area contributed by atoms with Gasteiger partial charge in [-0.15, -0.1) is 0 Å². The molecule has 160 valence electrons. The van der Waals surface area contributed by atoms with Crippen LogP contribution in [-0.2, 0) is 11.2 Å². The van der Waals surface area contributed by atoms with Crippen LogP contribution in [0.15, 0.2) is 94.7 Å². The van der Waals surface area contributed by atoms with Gasteiger partial charge in [-0.05, 0) is 29.8 Å². The van der Waals surface area contributed by atoms with Crippen LogP contribution in [0.3, 0.4) is 0 Å². The number of carbonyl (C=O) groups is 1. The number of nitrogens with one attached hydrogen (secondary N) is 1. The largest absolute Gasteiger partial charge is 0.508 e. The third-order valence-electron chi connectivity index (χ3n) is 5.04. The zero-order valence-electron chi connectivity index (χ0n) is 17.1. The van der Waals surface area contributed by atoms with E-state index >= 15 is 0 Å². The van der Waals surface area contributed by atoms with Crippen LogP contribution in [0.4, 0.5) is 0 Å². The van der Waals surface area contributed by atoms with Crippen molar-refractivity contribution >= 4 is 12.2 Å². The van der Waals surface area contributed by atoms with Gasteiger partial charge in [-0.2, -0.15) is 0 Å². The van der Waals surface area contributed by atoms with Crippen molar-refractivity contribution in [1.29, 1.82) is 0 Å². The molecular weight excluding hydrogens is 406 g/mol. The number of para-hydroxylation sites is 1. The minimum Gasteiger partial charge on any atom is -0.508 e. The van der Waals surface area contributed by atoms with E-state index in [4.69, 9.17) is 0 Å². The van der Waals surface area contributed by atoms with Gasteiger partial charge in [0.1, 0.15) is 5.75 Å². The number of carboxylic acid groups (broad SMARTS) is 1. The first kappa shape index (κ1) is 20.9. The van der Waals surface area contributed by atoms with Crippen molar-refractivity contribution in [2.45, 2.75) is 12.5 Å². The van der Waals surface area contributed by atoms with Crippen LogP contribution >= 0.6 is 0 Å². The van der Waals surface area contributed by atoms with Gasteiger partial charge in [0.15, 0.2) is 6.04 Å². The summed E-state index contributed by atoms with van der Waals surface area (Å²) in [7, 11) is 0. The van der Waals surface area contributed by atoms with Crippen LogP contribution in [0.1, 0.15) is 11.1 Å². The number of aromatic amines is 1. The van der Waals surface area contributed by atoms with Crippen molar-refractivity contribution in [1.82, 2.24) is 9.78 Å².